The Bertz CT molecular complexity index is 406. The first-order valence-corrected chi connectivity index (χ1v) is 8.01. The fraction of sp³-hybridized carbons (Fsp3) is 0.643. The van der Waals surface area contributed by atoms with Crippen LogP contribution >= 0.6 is 11.8 Å². The number of pyridine rings is 1. The number of thioether (sulfide) groups is 1. The lowest BCUT2D eigenvalue weighted by atomic mass is 10.2. The molecule has 98 valence electrons. The Kier molecular flexibility index (Phi) is 3.75. The number of anilines is 1. The van der Waals surface area contributed by atoms with Crippen LogP contribution in [0.5, 0.6) is 0 Å². The van der Waals surface area contributed by atoms with Crippen LogP contribution < -0.4 is 10.2 Å². The van der Waals surface area contributed by atoms with Crippen molar-refractivity contribution in [2.75, 3.05) is 23.0 Å². The number of nitrogens with one attached hydrogen (secondary N) is 1. The van der Waals surface area contributed by atoms with Gasteiger partial charge >= 0.3 is 0 Å². The van der Waals surface area contributed by atoms with E-state index in [2.05, 4.69) is 34.3 Å². The molecule has 2 heterocycles. The topological polar surface area (TPSA) is 28.2 Å². The standard InChI is InChI=1S/C14H21N3S/c1-11-10-18-7-6-17(11)14-8-12(4-5-15-14)9-16-13-2-3-13/h4-5,8,11,13,16H,2-3,6-7,9-10H2,1H3. The highest BCUT2D eigenvalue weighted by molar-refractivity contribution is 7.99. The quantitative estimate of drug-likeness (QED) is 0.902. The van der Waals surface area contributed by atoms with E-state index in [0.717, 1.165) is 24.9 Å². The summed E-state index contributed by atoms with van der Waals surface area (Å²) in [6.07, 6.45) is 4.64. The van der Waals surface area contributed by atoms with E-state index in [9.17, 15) is 0 Å². The second-order valence-corrected chi connectivity index (χ2v) is 6.44. The number of hydrogen-bond acceptors (Lipinski definition) is 4. The second-order valence-electron chi connectivity index (χ2n) is 5.29. The summed E-state index contributed by atoms with van der Waals surface area (Å²) < 4.78 is 0. The van der Waals surface area contributed by atoms with E-state index >= 15 is 0 Å². The van der Waals surface area contributed by atoms with E-state index in [0.29, 0.717) is 6.04 Å². The number of aromatic nitrogens is 1. The van der Waals surface area contributed by atoms with Gasteiger partial charge in [0.15, 0.2) is 0 Å². The lowest BCUT2D eigenvalue weighted by Crippen LogP contribution is -2.40. The van der Waals surface area contributed by atoms with Crippen LogP contribution in [-0.4, -0.2) is 35.1 Å². The van der Waals surface area contributed by atoms with Crippen molar-refractivity contribution in [2.24, 2.45) is 0 Å². The first kappa shape index (κ1) is 12.3. The first-order chi connectivity index (χ1) is 8.83. The summed E-state index contributed by atoms with van der Waals surface area (Å²) in [5.41, 5.74) is 1.36. The molecule has 2 aliphatic rings. The Hall–Kier alpha value is -0.740. The van der Waals surface area contributed by atoms with Crippen molar-refractivity contribution in [3.63, 3.8) is 0 Å². The van der Waals surface area contributed by atoms with Crippen molar-refractivity contribution >= 4 is 17.6 Å². The van der Waals surface area contributed by atoms with Gasteiger partial charge in [0, 0.05) is 42.9 Å². The Morgan fingerprint density at radius 2 is 2.39 bits per heavy atom. The fourth-order valence-electron chi connectivity index (χ4n) is 2.34. The van der Waals surface area contributed by atoms with Crippen molar-refractivity contribution in [1.29, 1.82) is 0 Å². The summed E-state index contributed by atoms with van der Waals surface area (Å²) in [5.74, 6) is 3.58. The molecule has 1 N–H and O–H groups in total. The molecule has 3 nitrogen and oxygen atoms in total. The van der Waals surface area contributed by atoms with Crippen LogP contribution in [-0.2, 0) is 6.54 Å². The van der Waals surface area contributed by atoms with E-state index in [1.165, 1.54) is 29.9 Å². The summed E-state index contributed by atoms with van der Waals surface area (Å²) in [4.78, 5) is 6.99. The van der Waals surface area contributed by atoms with Crippen LogP contribution in [0, 0.1) is 0 Å². The van der Waals surface area contributed by atoms with Crippen molar-refractivity contribution in [2.45, 2.75) is 38.4 Å². The maximum absolute atomic E-state index is 4.55. The number of nitrogens with zero attached hydrogens (tertiary/aromatic N) is 2. The molecule has 0 radical (unpaired) electrons. The average Bonchev–Trinajstić information content (AvgIpc) is 3.21. The lowest BCUT2D eigenvalue weighted by molar-refractivity contribution is 0.676. The van der Waals surface area contributed by atoms with Crippen LogP contribution in [0.25, 0.3) is 0 Å². The Morgan fingerprint density at radius 1 is 1.50 bits per heavy atom. The normalized spacial score (nSPS) is 24.3. The molecular weight excluding hydrogens is 242 g/mol. The lowest BCUT2D eigenvalue weighted by Gasteiger charge is -2.34. The van der Waals surface area contributed by atoms with Crippen LogP contribution in [0.15, 0.2) is 18.3 Å². The van der Waals surface area contributed by atoms with Gasteiger partial charge in [-0.1, -0.05) is 0 Å². The third kappa shape index (κ3) is 2.98. The molecule has 1 aromatic rings. The van der Waals surface area contributed by atoms with Gasteiger partial charge in [-0.15, -0.1) is 0 Å². The summed E-state index contributed by atoms with van der Waals surface area (Å²) in [5, 5.41) is 3.56. The van der Waals surface area contributed by atoms with Gasteiger partial charge in [0.2, 0.25) is 0 Å². The monoisotopic (exact) mass is 263 g/mol. The van der Waals surface area contributed by atoms with Crippen molar-refractivity contribution in [3.8, 4) is 0 Å². The van der Waals surface area contributed by atoms with Gasteiger partial charge in [0.1, 0.15) is 5.82 Å². The van der Waals surface area contributed by atoms with Crippen LogP contribution in [0.1, 0.15) is 25.3 Å². The van der Waals surface area contributed by atoms with E-state index in [1.54, 1.807) is 0 Å². The zero-order valence-electron chi connectivity index (χ0n) is 10.9. The number of rotatable bonds is 4. The minimum Gasteiger partial charge on any atom is -0.352 e. The molecule has 0 aromatic carbocycles. The Morgan fingerprint density at radius 3 is 3.17 bits per heavy atom. The van der Waals surface area contributed by atoms with Gasteiger partial charge in [0.25, 0.3) is 0 Å². The third-order valence-electron chi connectivity index (χ3n) is 3.64. The molecule has 1 aromatic heterocycles. The predicted molar refractivity (Wildman–Crippen MR) is 78.2 cm³/mol. The minimum atomic E-state index is 0.600. The molecule has 1 saturated heterocycles. The maximum atomic E-state index is 4.55. The summed E-state index contributed by atoms with van der Waals surface area (Å²) >= 11 is 2.05. The maximum Gasteiger partial charge on any atom is 0.129 e. The molecule has 2 fully saturated rings. The van der Waals surface area contributed by atoms with Crippen LogP contribution in [0.2, 0.25) is 0 Å². The summed E-state index contributed by atoms with van der Waals surface area (Å²) in [6, 6.07) is 5.75. The fourth-order valence-corrected chi connectivity index (χ4v) is 3.36. The van der Waals surface area contributed by atoms with E-state index in [4.69, 9.17) is 0 Å². The molecular formula is C14H21N3S. The highest BCUT2D eigenvalue weighted by Crippen LogP contribution is 2.23. The SMILES string of the molecule is CC1CSCCN1c1cc(CNC2CC2)ccn1. The molecule has 1 saturated carbocycles. The molecule has 4 heteroatoms. The van der Waals surface area contributed by atoms with Gasteiger partial charge < -0.3 is 10.2 Å². The smallest absolute Gasteiger partial charge is 0.129 e. The van der Waals surface area contributed by atoms with Crippen LogP contribution in [0.4, 0.5) is 5.82 Å². The molecule has 3 rings (SSSR count). The zero-order chi connectivity index (χ0) is 12.4. The van der Waals surface area contributed by atoms with E-state index in [-0.39, 0.29) is 0 Å². The molecule has 0 amide bonds. The molecule has 1 unspecified atom stereocenters. The third-order valence-corrected chi connectivity index (χ3v) is 4.83. The zero-order valence-corrected chi connectivity index (χ0v) is 11.7. The highest BCUT2D eigenvalue weighted by atomic mass is 32.2. The molecule has 1 atom stereocenters. The number of hydrogen-bond donors (Lipinski definition) is 1. The first-order valence-electron chi connectivity index (χ1n) is 6.85. The van der Waals surface area contributed by atoms with Gasteiger partial charge in [0.05, 0.1) is 0 Å². The van der Waals surface area contributed by atoms with E-state index in [1.807, 2.05) is 18.0 Å². The van der Waals surface area contributed by atoms with Crippen molar-refractivity contribution in [1.82, 2.24) is 10.3 Å². The minimum absolute atomic E-state index is 0.600. The summed E-state index contributed by atoms with van der Waals surface area (Å²) in [7, 11) is 0. The molecule has 18 heavy (non-hydrogen) atoms. The van der Waals surface area contributed by atoms with Gasteiger partial charge in [-0.25, -0.2) is 4.98 Å². The van der Waals surface area contributed by atoms with Crippen molar-refractivity contribution in [3.05, 3.63) is 23.9 Å². The van der Waals surface area contributed by atoms with Gasteiger partial charge in [-0.3, -0.25) is 0 Å². The highest BCUT2D eigenvalue weighted by Gasteiger charge is 2.21. The molecule has 1 aliphatic heterocycles. The van der Waals surface area contributed by atoms with E-state index < -0.39 is 0 Å². The molecule has 0 bridgehead atoms. The predicted octanol–water partition coefficient (Wildman–Crippen LogP) is 2.28. The largest absolute Gasteiger partial charge is 0.352 e. The second kappa shape index (κ2) is 5.49. The Labute approximate surface area is 113 Å². The molecule has 0 spiro atoms. The van der Waals surface area contributed by atoms with Gasteiger partial charge in [-0.05, 0) is 37.5 Å². The summed E-state index contributed by atoms with van der Waals surface area (Å²) in [6.45, 7) is 4.40. The van der Waals surface area contributed by atoms with Crippen LogP contribution in [0.3, 0.4) is 0 Å². The Balaban J connectivity index is 1.68. The molecule has 1 aliphatic carbocycles. The average molecular weight is 263 g/mol. The van der Waals surface area contributed by atoms with Gasteiger partial charge in [-0.2, -0.15) is 11.8 Å². The van der Waals surface area contributed by atoms with Crippen molar-refractivity contribution < 1.29 is 0 Å².